The van der Waals surface area contributed by atoms with Crippen molar-refractivity contribution in [2.75, 3.05) is 61.2 Å². The van der Waals surface area contributed by atoms with E-state index in [4.69, 9.17) is 18.9 Å². The molecule has 6 nitrogen and oxygen atoms in total. The zero-order valence-electron chi connectivity index (χ0n) is 15.1. The third-order valence-electron chi connectivity index (χ3n) is 4.92. The van der Waals surface area contributed by atoms with Gasteiger partial charge in [0.05, 0.1) is 34.5 Å². The highest BCUT2D eigenvalue weighted by Crippen LogP contribution is 2.40. The van der Waals surface area contributed by atoms with E-state index < -0.39 is 0 Å². The van der Waals surface area contributed by atoms with Gasteiger partial charge in [-0.15, -0.1) is 0 Å². The molecule has 2 fully saturated rings. The van der Waals surface area contributed by atoms with E-state index in [1.54, 1.807) is 21.3 Å². The average Bonchev–Trinajstić information content (AvgIpc) is 2.83. The normalized spacial score (nSPS) is 25.2. The van der Waals surface area contributed by atoms with E-state index in [1.165, 1.54) is 0 Å². The predicted octanol–water partition coefficient (Wildman–Crippen LogP) is 1.47. The van der Waals surface area contributed by atoms with Crippen molar-refractivity contribution in [1.82, 2.24) is 9.80 Å². The van der Waals surface area contributed by atoms with Crippen LogP contribution in [0.15, 0.2) is 12.1 Å². The van der Waals surface area contributed by atoms with Crippen molar-refractivity contribution in [2.45, 2.75) is 12.6 Å². The Bertz CT molecular complexity index is 566. The van der Waals surface area contributed by atoms with Crippen LogP contribution in [-0.4, -0.2) is 77.1 Å². The third-order valence-corrected chi connectivity index (χ3v) is 4.92. The van der Waals surface area contributed by atoms with Crippen LogP contribution in [0.1, 0.15) is 5.56 Å². The number of likely N-dealkylation sites (N-methyl/N-ethyl adjacent to an activating group) is 1. The smallest absolute Gasteiger partial charge is 0.203 e. The Balaban J connectivity index is 1.87. The van der Waals surface area contributed by atoms with Crippen molar-refractivity contribution in [3.8, 4) is 17.2 Å². The number of methoxy groups -OCH3 is 3. The Hall–Kier alpha value is -1.50. The number of rotatable bonds is 5. The largest absolute Gasteiger partial charge is 0.493 e. The summed E-state index contributed by atoms with van der Waals surface area (Å²) in [6.45, 7) is 5.63. The summed E-state index contributed by atoms with van der Waals surface area (Å²) in [5, 5.41) is 0. The number of nitrogens with zero attached hydrogens (tertiary/aromatic N) is 2. The first-order chi connectivity index (χ1) is 11.7. The van der Waals surface area contributed by atoms with Crippen LogP contribution in [0.2, 0.25) is 0 Å². The fourth-order valence-electron chi connectivity index (χ4n) is 3.86. The topological polar surface area (TPSA) is 43.4 Å². The van der Waals surface area contributed by atoms with Crippen LogP contribution >= 0.6 is 0 Å². The van der Waals surface area contributed by atoms with Crippen molar-refractivity contribution < 1.29 is 18.9 Å². The summed E-state index contributed by atoms with van der Waals surface area (Å²) < 4.78 is 22.4. The quantitative estimate of drug-likeness (QED) is 0.811. The van der Waals surface area contributed by atoms with Crippen molar-refractivity contribution in [2.24, 2.45) is 5.92 Å². The fraction of sp³-hybridized carbons (Fsp3) is 0.667. The van der Waals surface area contributed by atoms with E-state index in [-0.39, 0.29) is 0 Å². The average molecular weight is 336 g/mol. The Morgan fingerprint density at radius 1 is 1.00 bits per heavy atom. The van der Waals surface area contributed by atoms with E-state index >= 15 is 0 Å². The summed E-state index contributed by atoms with van der Waals surface area (Å²) in [4.78, 5) is 4.94. The highest BCUT2D eigenvalue weighted by Gasteiger charge is 2.32. The molecule has 6 heteroatoms. The third kappa shape index (κ3) is 3.45. The minimum atomic E-state index is 0.403. The van der Waals surface area contributed by atoms with E-state index in [9.17, 15) is 0 Å². The maximum Gasteiger partial charge on any atom is 0.203 e. The number of ether oxygens (including phenoxy) is 4. The number of benzene rings is 1. The molecule has 0 aromatic heterocycles. The van der Waals surface area contributed by atoms with Gasteiger partial charge >= 0.3 is 0 Å². The zero-order valence-corrected chi connectivity index (χ0v) is 15.1. The number of hydrogen-bond donors (Lipinski definition) is 0. The molecule has 0 spiro atoms. The van der Waals surface area contributed by atoms with E-state index in [1.807, 2.05) is 6.07 Å². The van der Waals surface area contributed by atoms with Gasteiger partial charge in [-0.25, -0.2) is 0 Å². The van der Waals surface area contributed by atoms with Gasteiger partial charge in [-0.3, -0.25) is 4.90 Å². The van der Waals surface area contributed by atoms with Crippen molar-refractivity contribution in [3.63, 3.8) is 0 Å². The highest BCUT2D eigenvalue weighted by molar-refractivity contribution is 5.55. The molecular weight excluding hydrogens is 308 g/mol. The van der Waals surface area contributed by atoms with E-state index in [0.29, 0.717) is 23.5 Å². The minimum Gasteiger partial charge on any atom is -0.493 e. The predicted molar refractivity (Wildman–Crippen MR) is 92.1 cm³/mol. The lowest BCUT2D eigenvalue weighted by molar-refractivity contribution is 0.0560. The maximum absolute atomic E-state index is 5.87. The number of hydrogen-bond acceptors (Lipinski definition) is 6. The lowest BCUT2D eigenvalue weighted by Crippen LogP contribution is -2.42. The standard InChI is InChI=1S/C18H28N2O4/c1-19-7-13-8-20(15(10-19)12-24-11-13)9-14-5-6-16(21-2)18(23-4)17(14)22-3/h5-6,13,15H,7-12H2,1-4H3/t13-,15-/m0/s1. The molecule has 134 valence electrons. The monoisotopic (exact) mass is 336 g/mol. The molecule has 2 aliphatic rings. The van der Waals surface area contributed by atoms with E-state index in [2.05, 4.69) is 22.9 Å². The second kappa shape index (κ2) is 7.59. The molecule has 2 heterocycles. The SMILES string of the molecule is COc1ccc(CN2C[C@H]3COC[C@@H]2CN(C)C3)c(OC)c1OC. The second-order valence-corrected chi connectivity index (χ2v) is 6.70. The summed E-state index contributed by atoms with van der Waals surface area (Å²) >= 11 is 0. The molecule has 0 aliphatic carbocycles. The van der Waals surface area contributed by atoms with Gasteiger partial charge in [0.1, 0.15) is 0 Å². The lowest BCUT2D eigenvalue weighted by Gasteiger charge is -2.30. The first-order valence-corrected chi connectivity index (χ1v) is 8.44. The van der Waals surface area contributed by atoms with Gasteiger partial charge in [-0.2, -0.15) is 0 Å². The molecule has 0 saturated carbocycles. The van der Waals surface area contributed by atoms with E-state index in [0.717, 1.165) is 50.7 Å². The molecule has 1 aromatic rings. The molecule has 0 radical (unpaired) electrons. The maximum atomic E-state index is 5.87. The highest BCUT2D eigenvalue weighted by atomic mass is 16.5. The Labute approximate surface area is 144 Å². The molecular formula is C18H28N2O4. The fourth-order valence-corrected chi connectivity index (χ4v) is 3.86. The summed E-state index contributed by atoms with van der Waals surface area (Å²) in [5.41, 5.74) is 1.12. The summed E-state index contributed by atoms with van der Waals surface area (Å²) in [6, 6.07) is 4.42. The first kappa shape index (κ1) is 17.3. The van der Waals surface area contributed by atoms with Gasteiger partial charge in [-0.05, 0) is 13.1 Å². The number of fused-ring (bicyclic) bond motifs is 3. The Morgan fingerprint density at radius 3 is 2.50 bits per heavy atom. The zero-order chi connectivity index (χ0) is 17.1. The van der Waals surface area contributed by atoms with Crippen molar-refractivity contribution in [1.29, 1.82) is 0 Å². The van der Waals surface area contributed by atoms with Crippen LogP contribution in [-0.2, 0) is 11.3 Å². The molecule has 3 rings (SSSR count). The minimum absolute atomic E-state index is 0.403. The van der Waals surface area contributed by atoms with Crippen molar-refractivity contribution >= 4 is 0 Å². The molecule has 2 bridgehead atoms. The molecule has 2 saturated heterocycles. The van der Waals surface area contributed by atoms with Crippen LogP contribution in [0.4, 0.5) is 0 Å². The Morgan fingerprint density at radius 2 is 1.79 bits per heavy atom. The molecule has 0 amide bonds. The molecule has 1 aromatic carbocycles. The van der Waals surface area contributed by atoms with Crippen LogP contribution in [0, 0.1) is 5.92 Å². The van der Waals surface area contributed by atoms with Crippen LogP contribution in [0.25, 0.3) is 0 Å². The molecule has 2 aliphatic heterocycles. The molecule has 24 heavy (non-hydrogen) atoms. The van der Waals surface area contributed by atoms with Crippen LogP contribution in [0.5, 0.6) is 17.2 Å². The van der Waals surface area contributed by atoms with Gasteiger partial charge in [0.2, 0.25) is 5.75 Å². The van der Waals surface area contributed by atoms with Gasteiger partial charge in [0.15, 0.2) is 11.5 Å². The van der Waals surface area contributed by atoms with Gasteiger partial charge in [-0.1, -0.05) is 6.07 Å². The van der Waals surface area contributed by atoms with Gasteiger partial charge in [0, 0.05) is 43.7 Å². The first-order valence-electron chi connectivity index (χ1n) is 8.44. The summed E-state index contributed by atoms with van der Waals surface area (Å²) in [6.07, 6.45) is 0. The Kier molecular flexibility index (Phi) is 5.48. The lowest BCUT2D eigenvalue weighted by atomic mass is 10.1. The molecule has 0 N–H and O–H groups in total. The van der Waals surface area contributed by atoms with Crippen LogP contribution < -0.4 is 14.2 Å². The second-order valence-electron chi connectivity index (χ2n) is 6.70. The van der Waals surface area contributed by atoms with Crippen molar-refractivity contribution in [3.05, 3.63) is 17.7 Å². The summed E-state index contributed by atoms with van der Waals surface area (Å²) in [5.74, 6) is 2.65. The van der Waals surface area contributed by atoms with Crippen LogP contribution in [0.3, 0.4) is 0 Å². The van der Waals surface area contributed by atoms with Gasteiger partial charge < -0.3 is 23.8 Å². The molecule has 2 atom stereocenters. The molecule has 0 unspecified atom stereocenters. The summed E-state index contributed by atoms with van der Waals surface area (Å²) in [7, 11) is 7.16. The van der Waals surface area contributed by atoms with Gasteiger partial charge in [0.25, 0.3) is 0 Å².